The van der Waals surface area contributed by atoms with Gasteiger partial charge >= 0.3 is 5.97 Å². The molecule has 6 nitrogen and oxygen atoms in total. The van der Waals surface area contributed by atoms with Crippen LogP contribution in [0.5, 0.6) is 0 Å². The van der Waals surface area contributed by atoms with E-state index in [4.69, 9.17) is 5.11 Å². The van der Waals surface area contributed by atoms with E-state index in [0.29, 0.717) is 31.5 Å². The van der Waals surface area contributed by atoms with Crippen LogP contribution in [0.3, 0.4) is 0 Å². The predicted octanol–water partition coefficient (Wildman–Crippen LogP) is 2.23. The summed E-state index contributed by atoms with van der Waals surface area (Å²) in [6.07, 6.45) is 2.07. The van der Waals surface area contributed by atoms with E-state index < -0.39 is 5.97 Å². The van der Waals surface area contributed by atoms with Crippen molar-refractivity contribution >= 4 is 17.8 Å². The lowest BCUT2D eigenvalue weighted by Crippen LogP contribution is -2.43. The zero-order valence-electron chi connectivity index (χ0n) is 15.1. The average molecular weight is 346 g/mol. The maximum absolute atomic E-state index is 12.9. The lowest BCUT2D eigenvalue weighted by molar-refractivity contribution is -0.145. The van der Waals surface area contributed by atoms with Crippen LogP contribution >= 0.6 is 0 Å². The molecule has 0 radical (unpaired) electrons. The summed E-state index contributed by atoms with van der Waals surface area (Å²) in [4.78, 5) is 38.9. The Bertz CT molecular complexity index is 671. The number of likely N-dealkylation sites (tertiary alicyclic amines) is 1. The number of aryl methyl sites for hydroxylation is 1. The van der Waals surface area contributed by atoms with Gasteiger partial charge in [0, 0.05) is 31.6 Å². The van der Waals surface area contributed by atoms with Crippen molar-refractivity contribution in [3.8, 4) is 0 Å². The summed E-state index contributed by atoms with van der Waals surface area (Å²) in [6, 6.07) is 5.59. The lowest BCUT2D eigenvalue weighted by atomic mass is 10.0. The third kappa shape index (κ3) is 4.59. The SMILES string of the molecule is CC(=O)N(CC(=O)O)C1CCCN(C(=O)c2cccc(C)c2C)CC1. The molecule has 0 saturated carbocycles. The molecule has 0 spiro atoms. The summed E-state index contributed by atoms with van der Waals surface area (Å²) in [5.74, 6) is -1.24. The smallest absolute Gasteiger partial charge is 0.323 e. The first-order valence-electron chi connectivity index (χ1n) is 8.65. The minimum absolute atomic E-state index is 0.00876. The van der Waals surface area contributed by atoms with Gasteiger partial charge in [0.15, 0.2) is 0 Å². The molecule has 1 aliphatic heterocycles. The van der Waals surface area contributed by atoms with E-state index in [1.54, 1.807) is 0 Å². The summed E-state index contributed by atoms with van der Waals surface area (Å²) >= 11 is 0. The highest BCUT2D eigenvalue weighted by Crippen LogP contribution is 2.21. The van der Waals surface area contributed by atoms with E-state index in [9.17, 15) is 14.4 Å². The van der Waals surface area contributed by atoms with Crippen LogP contribution in [-0.4, -0.2) is 58.4 Å². The molecule has 1 heterocycles. The van der Waals surface area contributed by atoms with E-state index in [2.05, 4.69) is 0 Å². The number of carbonyl (C=O) groups excluding carboxylic acids is 2. The highest BCUT2D eigenvalue weighted by atomic mass is 16.4. The molecule has 1 fully saturated rings. The Morgan fingerprint density at radius 1 is 1.20 bits per heavy atom. The van der Waals surface area contributed by atoms with Gasteiger partial charge in [0.25, 0.3) is 5.91 Å². The number of amides is 2. The van der Waals surface area contributed by atoms with Crippen molar-refractivity contribution in [1.29, 1.82) is 0 Å². The Morgan fingerprint density at radius 2 is 1.92 bits per heavy atom. The monoisotopic (exact) mass is 346 g/mol. The van der Waals surface area contributed by atoms with Gasteiger partial charge in [-0.05, 0) is 50.3 Å². The van der Waals surface area contributed by atoms with Crippen molar-refractivity contribution in [3.05, 3.63) is 34.9 Å². The number of aliphatic carboxylic acids is 1. The molecule has 1 N–H and O–H groups in total. The fraction of sp³-hybridized carbons (Fsp3) is 0.526. The van der Waals surface area contributed by atoms with Crippen molar-refractivity contribution < 1.29 is 19.5 Å². The van der Waals surface area contributed by atoms with Gasteiger partial charge in [-0.3, -0.25) is 14.4 Å². The van der Waals surface area contributed by atoms with Crippen LogP contribution in [-0.2, 0) is 9.59 Å². The number of carboxylic acid groups (broad SMARTS) is 1. The molecular weight excluding hydrogens is 320 g/mol. The average Bonchev–Trinajstić information content (AvgIpc) is 2.80. The van der Waals surface area contributed by atoms with Gasteiger partial charge in [0.1, 0.15) is 6.54 Å². The van der Waals surface area contributed by atoms with E-state index in [-0.39, 0.29) is 24.4 Å². The summed E-state index contributed by atoms with van der Waals surface area (Å²) in [7, 11) is 0. The van der Waals surface area contributed by atoms with E-state index in [1.807, 2.05) is 36.9 Å². The van der Waals surface area contributed by atoms with Crippen LogP contribution in [0.15, 0.2) is 18.2 Å². The van der Waals surface area contributed by atoms with E-state index in [0.717, 1.165) is 17.5 Å². The second-order valence-electron chi connectivity index (χ2n) is 6.67. The maximum atomic E-state index is 12.9. The molecule has 2 amide bonds. The molecule has 0 aliphatic carbocycles. The number of rotatable bonds is 4. The minimum atomic E-state index is -1.01. The van der Waals surface area contributed by atoms with Crippen molar-refractivity contribution in [2.24, 2.45) is 0 Å². The zero-order valence-corrected chi connectivity index (χ0v) is 15.1. The third-order valence-corrected chi connectivity index (χ3v) is 4.97. The van der Waals surface area contributed by atoms with Gasteiger partial charge in [-0.25, -0.2) is 0 Å². The number of carboxylic acids is 1. The van der Waals surface area contributed by atoms with Gasteiger partial charge in [-0.15, -0.1) is 0 Å². The van der Waals surface area contributed by atoms with Crippen LogP contribution in [0, 0.1) is 13.8 Å². The first kappa shape index (κ1) is 19.0. The van der Waals surface area contributed by atoms with Crippen molar-refractivity contribution in [2.45, 2.75) is 46.1 Å². The fourth-order valence-electron chi connectivity index (χ4n) is 3.39. The largest absolute Gasteiger partial charge is 0.480 e. The Hall–Kier alpha value is -2.37. The Kier molecular flexibility index (Phi) is 6.17. The van der Waals surface area contributed by atoms with Gasteiger partial charge < -0.3 is 14.9 Å². The topological polar surface area (TPSA) is 77.9 Å². The van der Waals surface area contributed by atoms with E-state index >= 15 is 0 Å². The summed E-state index contributed by atoms with van der Waals surface area (Å²) in [5, 5.41) is 9.02. The van der Waals surface area contributed by atoms with Gasteiger partial charge in [-0.2, -0.15) is 0 Å². The Morgan fingerprint density at radius 3 is 2.56 bits per heavy atom. The summed E-state index contributed by atoms with van der Waals surface area (Å²) in [6.45, 7) is 6.20. The lowest BCUT2D eigenvalue weighted by Gasteiger charge is -2.29. The van der Waals surface area contributed by atoms with E-state index in [1.165, 1.54) is 11.8 Å². The predicted molar refractivity (Wildman–Crippen MR) is 94.5 cm³/mol. The maximum Gasteiger partial charge on any atom is 0.323 e. The molecule has 1 aromatic rings. The number of hydrogen-bond donors (Lipinski definition) is 1. The molecule has 1 atom stereocenters. The first-order chi connectivity index (χ1) is 11.8. The highest BCUT2D eigenvalue weighted by molar-refractivity contribution is 5.96. The fourth-order valence-corrected chi connectivity index (χ4v) is 3.39. The summed E-state index contributed by atoms with van der Waals surface area (Å²) in [5.41, 5.74) is 2.79. The van der Waals surface area contributed by atoms with Crippen molar-refractivity contribution in [2.75, 3.05) is 19.6 Å². The molecule has 0 bridgehead atoms. The molecule has 2 rings (SSSR count). The van der Waals surface area contributed by atoms with Gasteiger partial charge in [0.05, 0.1) is 0 Å². The zero-order chi connectivity index (χ0) is 18.6. The molecule has 1 saturated heterocycles. The molecule has 1 aromatic carbocycles. The molecule has 6 heteroatoms. The van der Waals surface area contributed by atoms with Gasteiger partial charge in [-0.1, -0.05) is 12.1 Å². The van der Waals surface area contributed by atoms with Crippen molar-refractivity contribution in [1.82, 2.24) is 9.80 Å². The van der Waals surface area contributed by atoms with Crippen LogP contribution < -0.4 is 0 Å². The molecule has 0 aromatic heterocycles. The Balaban J connectivity index is 2.10. The number of hydrogen-bond acceptors (Lipinski definition) is 3. The normalized spacial score (nSPS) is 17.7. The third-order valence-electron chi connectivity index (χ3n) is 4.97. The quantitative estimate of drug-likeness (QED) is 0.907. The number of benzene rings is 1. The van der Waals surface area contributed by atoms with Crippen LogP contribution in [0.2, 0.25) is 0 Å². The number of nitrogens with zero attached hydrogens (tertiary/aromatic N) is 2. The molecule has 136 valence electrons. The summed E-state index contributed by atoms with van der Waals surface area (Å²) < 4.78 is 0. The molecule has 25 heavy (non-hydrogen) atoms. The van der Waals surface area contributed by atoms with Crippen LogP contribution in [0.1, 0.15) is 47.7 Å². The first-order valence-corrected chi connectivity index (χ1v) is 8.65. The second kappa shape index (κ2) is 8.14. The molecule has 1 unspecified atom stereocenters. The standard InChI is InChI=1S/C19H26N2O4/c1-13-6-4-8-17(14(13)2)19(25)20-10-5-7-16(9-11-20)21(15(3)22)12-18(23)24/h4,6,8,16H,5,7,9-12H2,1-3H3,(H,23,24). The van der Waals surface area contributed by atoms with Crippen molar-refractivity contribution in [3.63, 3.8) is 0 Å². The van der Waals surface area contributed by atoms with Crippen LogP contribution in [0.4, 0.5) is 0 Å². The van der Waals surface area contributed by atoms with Crippen LogP contribution in [0.25, 0.3) is 0 Å². The van der Waals surface area contributed by atoms with Gasteiger partial charge in [0.2, 0.25) is 5.91 Å². The second-order valence-corrected chi connectivity index (χ2v) is 6.67. The highest BCUT2D eigenvalue weighted by Gasteiger charge is 2.28. The number of carbonyl (C=O) groups is 3. The molecule has 1 aliphatic rings. The molecular formula is C19H26N2O4. The Labute approximate surface area is 148 Å². The minimum Gasteiger partial charge on any atom is -0.480 e.